The number of hydrogen-bond acceptors (Lipinski definition) is 3. The number of rotatable bonds is 2. The third kappa shape index (κ3) is 2.70. The number of aromatic carboxylic acids is 1. The summed E-state index contributed by atoms with van der Waals surface area (Å²) in [5.41, 5.74) is 0.530. The van der Waals surface area contributed by atoms with Crippen molar-refractivity contribution in [1.29, 1.82) is 0 Å². The van der Waals surface area contributed by atoms with Crippen molar-refractivity contribution in [1.82, 2.24) is 0 Å². The van der Waals surface area contributed by atoms with Gasteiger partial charge in [0.1, 0.15) is 5.75 Å². The van der Waals surface area contributed by atoms with Gasteiger partial charge in [0.2, 0.25) is 0 Å². The second-order valence-electron chi connectivity index (χ2n) is 3.47. The van der Waals surface area contributed by atoms with Crippen molar-refractivity contribution in [3.8, 4) is 17.2 Å². The number of pyridine rings is 1. The standard InChI is InChI=1S/C12H9NO4.ClH/c14-9-1-2-11(15)10(7-9)13-5-3-8(4-6-13)12(16)17;/h1-7H,(H2-,14,15,16,17);1H. The quantitative estimate of drug-likeness (QED) is 0.438. The molecule has 2 rings (SSSR count). The first-order chi connectivity index (χ1) is 8.08. The molecule has 0 aliphatic carbocycles. The lowest BCUT2D eigenvalue weighted by molar-refractivity contribution is -0.596. The van der Waals surface area contributed by atoms with Gasteiger partial charge < -0.3 is 27.7 Å². The van der Waals surface area contributed by atoms with Crippen LogP contribution in [-0.2, 0) is 0 Å². The molecule has 0 saturated carbocycles. The van der Waals surface area contributed by atoms with Gasteiger partial charge in [-0.1, -0.05) is 0 Å². The molecule has 1 aromatic carbocycles. The fourth-order valence-corrected chi connectivity index (χ4v) is 1.45. The number of phenolic OH excluding ortho intramolecular Hbond substituents is 2. The van der Waals surface area contributed by atoms with Gasteiger partial charge in [-0.05, 0) is 12.1 Å². The molecule has 3 N–H and O–H groups in total. The SMILES string of the molecule is O=C(O)c1cc[n+](-c2cc(O)ccc2O)cc1.[Cl-]. The molecular formula is C12H10ClNO4. The molecule has 6 heteroatoms. The minimum Gasteiger partial charge on any atom is -1.00 e. The molecule has 0 spiro atoms. The van der Waals surface area contributed by atoms with E-state index in [9.17, 15) is 15.0 Å². The molecule has 2 aromatic rings. The lowest BCUT2D eigenvalue weighted by Gasteiger charge is -2.00. The number of carboxylic acids is 1. The summed E-state index contributed by atoms with van der Waals surface area (Å²) < 4.78 is 1.52. The third-order valence-corrected chi connectivity index (χ3v) is 2.31. The fraction of sp³-hybridized carbons (Fsp3) is 0. The molecule has 0 aliphatic heterocycles. The van der Waals surface area contributed by atoms with Crippen molar-refractivity contribution in [2.75, 3.05) is 0 Å². The van der Waals surface area contributed by atoms with E-state index in [4.69, 9.17) is 5.11 Å². The van der Waals surface area contributed by atoms with Crippen LogP contribution < -0.4 is 17.0 Å². The van der Waals surface area contributed by atoms with E-state index < -0.39 is 5.97 Å². The van der Waals surface area contributed by atoms with Gasteiger partial charge in [-0.15, -0.1) is 0 Å². The first-order valence-corrected chi connectivity index (χ1v) is 4.85. The van der Waals surface area contributed by atoms with Crippen LogP contribution in [0.5, 0.6) is 11.5 Å². The third-order valence-electron chi connectivity index (χ3n) is 2.31. The molecular weight excluding hydrogens is 258 g/mol. The Balaban J connectivity index is 0.00000162. The predicted molar refractivity (Wildman–Crippen MR) is 58.3 cm³/mol. The molecule has 0 bridgehead atoms. The summed E-state index contributed by atoms with van der Waals surface area (Å²) in [7, 11) is 0. The van der Waals surface area contributed by atoms with Crippen LogP contribution in [0.15, 0.2) is 42.7 Å². The highest BCUT2D eigenvalue weighted by atomic mass is 35.5. The van der Waals surface area contributed by atoms with Crippen LogP contribution in [0.1, 0.15) is 10.4 Å². The predicted octanol–water partition coefficient (Wildman–Crippen LogP) is -1.92. The van der Waals surface area contributed by atoms with Gasteiger partial charge in [-0.25, -0.2) is 4.79 Å². The highest BCUT2D eigenvalue weighted by Crippen LogP contribution is 2.21. The lowest BCUT2D eigenvalue weighted by Crippen LogP contribution is -3.00. The molecule has 0 amide bonds. The van der Waals surface area contributed by atoms with E-state index in [0.29, 0.717) is 5.69 Å². The van der Waals surface area contributed by atoms with Gasteiger partial charge in [0.25, 0.3) is 5.69 Å². The van der Waals surface area contributed by atoms with Crippen molar-refractivity contribution < 1.29 is 37.1 Å². The molecule has 0 unspecified atom stereocenters. The Kier molecular flexibility index (Phi) is 4.12. The molecule has 18 heavy (non-hydrogen) atoms. The Hall–Kier alpha value is -2.27. The number of hydrogen-bond donors (Lipinski definition) is 3. The summed E-state index contributed by atoms with van der Waals surface area (Å²) >= 11 is 0. The maximum absolute atomic E-state index is 10.7. The summed E-state index contributed by atoms with van der Waals surface area (Å²) in [6.45, 7) is 0. The van der Waals surface area contributed by atoms with Crippen LogP contribution in [0.25, 0.3) is 5.69 Å². The van der Waals surface area contributed by atoms with Gasteiger partial charge in [0.05, 0.1) is 11.6 Å². The molecule has 0 radical (unpaired) electrons. The van der Waals surface area contributed by atoms with E-state index in [0.717, 1.165) is 0 Å². The summed E-state index contributed by atoms with van der Waals surface area (Å²) in [4.78, 5) is 10.7. The summed E-state index contributed by atoms with van der Waals surface area (Å²) in [6.07, 6.45) is 3.00. The van der Waals surface area contributed by atoms with E-state index in [1.54, 1.807) is 0 Å². The number of carboxylic acid groups (broad SMARTS) is 1. The van der Waals surface area contributed by atoms with Gasteiger partial charge >= 0.3 is 5.97 Å². The van der Waals surface area contributed by atoms with E-state index >= 15 is 0 Å². The van der Waals surface area contributed by atoms with E-state index in [1.165, 1.54) is 47.3 Å². The van der Waals surface area contributed by atoms with Crippen LogP contribution in [0, 0.1) is 0 Å². The summed E-state index contributed by atoms with van der Waals surface area (Å²) in [6, 6.07) is 6.93. The minimum absolute atomic E-state index is 0. The van der Waals surface area contributed by atoms with Crippen LogP contribution in [0.4, 0.5) is 0 Å². The second-order valence-corrected chi connectivity index (χ2v) is 3.47. The topological polar surface area (TPSA) is 81.6 Å². The molecule has 0 saturated heterocycles. The van der Waals surface area contributed by atoms with Crippen molar-refractivity contribution in [2.24, 2.45) is 0 Å². The van der Waals surface area contributed by atoms with Crippen LogP contribution in [-0.4, -0.2) is 21.3 Å². The number of nitrogens with zero attached hydrogens (tertiary/aromatic N) is 1. The van der Waals surface area contributed by atoms with Crippen LogP contribution in [0.2, 0.25) is 0 Å². The molecule has 5 nitrogen and oxygen atoms in total. The molecule has 0 fully saturated rings. The van der Waals surface area contributed by atoms with Gasteiger partial charge in [0, 0.05) is 12.1 Å². The van der Waals surface area contributed by atoms with E-state index in [1.807, 2.05) is 0 Å². The Morgan fingerprint density at radius 1 is 1.06 bits per heavy atom. The van der Waals surface area contributed by atoms with Crippen molar-refractivity contribution in [2.45, 2.75) is 0 Å². The monoisotopic (exact) mass is 267 g/mol. The van der Waals surface area contributed by atoms with Gasteiger partial charge in [-0.3, -0.25) is 0 Å². The maximum Gasteiger partial charge on any atom is 0.336 e. The number of halogens is 1. The fourth-order valence-electron chi connectivity index (χ4n) is 1.45. The average Bonchev–Trinajstić information content (AvgIpc) is 2.32. The normalized spacial score (nSPS) is 9.56. The maximum atomic E-state index is 10.7. The summed E-state index contributed by atoms with van der Waals surface area (Å²) in [5, 5.41) is 27.7. The molecule has 0 atom stereocenters. The highest BCUT2D eigenvalue weighted by Gasteiger charge is 2.14. The number of aromatic hydroxyl groups is 2. The van der Waals surface area contributed by atoms with Crippen molar-refractivity contribution in [3.63, 3.8) is 0 Å². The lowest BCUT2D eigenvalue weighted by atomic mass is 10.2. The smallest absolute Gasteiger partial charge is 0.336 e. The largest absolute Gasteiger partial charge is 1.00 e. The van der Waals surface area contributed by atoms with Gasteiger partial charge in [-0.2, -0.15) is 4.57 Å². The van der Waals surface area contributed by atoms with E-state index in [2.05, 4.69) is 0 Å². The first kappa shape index (κ1) is 13.8. The van der Waals surface area contributed by atoms with Crippen LogP contribution in [0.3, 0.4) is 0 Å². The number of phenols is 2. The van der Waals surface area contributed by atoms with Crippen molar-refractivity contribution in [3.05, 3.63) is 48.3 Å². The highest BCUT2D eigenvalue weighted by molar-refractivity contribution is 5.87. The zero-order valence-electron chi connectivity index (χ0n) is 9.12. The van der Waals surface area contributed by atoms with Gasteiger partial charge in [0.15, 0.2) is 18.1 Å². The molecule has 94 valence electrons. The first-order valence-electron chi connectivity index (χ1n) is 4.85. The Morgan fingerprint density at radius 3 is 2.22 bits per heavy atom. The minimum atomic E-state index is -1.02. The number of aromatic nitrogens is 1. The molecule has 0 aliphatic rings. The number of benzene rings is 1. The summed E-state index contributed by atoms with van der Waals surface area (Å²) in [5.74, 6) is -0.999. The Morgan fingerprint density at radius 2 is 1.67 bits per heavy atom. The Bertz CT molecular complexity index is 569. The Labute approximate surface area is 109 Å². The van der Waals surface area contributed by atoms with Crippen molar-refractivity contribution >= 4 is 5.97 Å². The zero-order chi connectivity index (χ0) is 12.4. The average molecular weight is 268 g/mol. The second kappa shape index (κ2) is 5.37. The number of carbonyl (C=O) groups is 1. The molecule has 1 aromatic heterocycles. The van der Waals surface area contributed by atoms with Crippen LogP contribution >= 0.6 is 0 Å². The molecule has 1 heterocycles. The zero-order valence-corrected chi connectivity index (χ0v) is 9.87. The van der Waals surface area contributed by atoms with E-state index in [-0.39, 0.29) is 29.5 Å².